The zero-order chi connectivity index (χ0) is 23.6. The highest BCUT2D eigenvalue weighted by Gasteiger charge is 2.35. The number of hydrazone groups is 1. The number of aromatic nitrogens is 3. The number of piperidine rings is 2. The molecule has 2 aliphatic heterocycles. The highest BCUT2D eigenvalue weighted by molar-refractivity contribution is 7.09. The van der Waals surface area contributed by atoms with E-state index in [1.807, 2.05) is 12.3 Å². The lowest BCUT2D eigenvalue weighted by Crippen LogP contribution is -2.40. The smallest absolute Gasteiger partial charge is 0.341 e. The van der Waals surface area contributed by atoms with E-state index in [4.69, 9.17) is 10.1 Å². The van der Waals surface area contributed by atoms with Gasteiger partial charge in [0.25, 0.3) is 0 Å². The van der Waals surface area contributed by atoms with Crippen molar-refractivity contribution in [3.63, 3.8) is 0 Å². The molecule has 2 saturated heterocycles. The van der Waals surface area contributed by atoms with Crippen LogP contribution in [0, 0.1) is 6.92 Å². The Hall–Kier alpha value is -2.43. The van der Waals surface area contributed by atoms with Gasteiger partial charge in [-0.05, 0) is 52.0 Å². The van der Waals surface area contributed by atoms with E-state index < -0.39 is 11.9 Å². The number of likely N-dealkylation sites (tertiary alicyclic amines) is 1. The minimum absolute atomic E-state index is 0.180. The summed E-state index contributed by atoms with van der Waals surface area (Å²) in [6.07, 6.45) is 0.684. The Bertz CT molecular complexity index is 1000. The Kier molecular flexibility index (Phi) is 7.06. The van der Waals surface area contributed by atoms with E-state index in [9.17, 15) is 18.0 Å². The van der Waals surface area contributed by atoms with Gasteiger partial charge in [0.05, 0.1) is 16.4 Å². The predicted molar refractivity (Wildman–Crippen MR) is 120 cm³/mol. The van der Waals surface area contributed by atoms with Gasteiger partial charge in [0.2, 0.25) is 5.91 Å². The lowest BCUT2D eigenvalue weighted by Gasteiger charge is -2.31. The standard InChI is InChI=1S/C22H29F3N6OS/c1-15-12-19(22(23,24)25)28-31(15)13-20(32)29-10-6-17(7-11-29)21-26-18(14-33-21)16(2)27-30-8-4-3-5-9-30/h12,14,17H,3-11,13H2,1-2H3. The Morgan fingerprint density at radius 3 is 2.52 bits per heavy atom. The van der Waals surface area contributed by atoms with Gasteiger partial charge in [-0.25, -0.2) is 4.98 Å². The fourth-order valence-corrected chi connectivity index (χ4v) is 5.33. The average molecular weight is 483 g/mol. The Morgan fingerprint density at radius 2 is 1.88 bits per heavy atom. The van der Waals surface area contributed by atoms with Gasteiger partial charge in [0, 0.05) is 43.2 Å². The van der Waals surface area contributed by atoms with Gasteiger partial charge in [0.15, 0.2) is 5.69 Å². The zero-order valence-corrected chi connectivity index (χ0v) is 19.8. The first kappa shape index (κ1) is 23.7. The van der Waals surface area contributed by atoms with Crippen molar-refractivity contribution in [2.45, 2.75) is 64.6 Å². The van der Waals surface area contributed by atoms with Crippen LogP contribution in [0.3, 0.4) is 0 Å². The molecule has 11 heteroatoms. The summed E-state index contributed by atoms with van der Waals surface area (Å²) in [6, 6.07) is 0.968. The number of carbonyl (C=O) groups is 1. The topological polar surface area (TPSA) is 66.6 Å². The van der Waals surface area contributed by atoms with Gasteiger partial charge in [-0.2, -0.15) is 23.4 Å². The molecule has 0 aromatic carbocycles. The van der Waals surface area contributed by atoms with Crippen molar-refractivity contribution in [1.82, 2.24) is 24.7 Å². The van der Waals surface area contributed by atoms with E-state index in [1.54, 1.807) is 16.2 Å². The largest absolute Gasteiger partial charge is 0.435 e. The van der Waals surface area contributed by atoms with Gasteiger partial charge in [0.1, 0.15) is 6.54 Å². The van der Waals surface area contributed by atoms with Crippen molar-refractivity contribution in [2.24, 2.45) is 5.10 Å². The zero-order valence-electron chi connectivity index (χ0n) is 18.9. The van der Waals surface area contributed by atoms with Crippen LogP contribution in [0.25, 0.3) is 0 Å². The summed E-state index contributed by atoms with van der Waals surface area (Å²) in [7, 11) is 0. The van der Waals surface area contributed by atoms with Crippen molar-refractivity contribution >= 4 is 23.0 Å². The molecule has 2 fully saturated rings. The average Bonchev–Trinajstić information content (AvgIpc) is 3.42. The fraction of sp³-hybridized carbons (Fsp3) is 0.636. The van der Waals surface area contributed by atoms with Crippen molar-refractivity contribution in [3.05, 3.63) is 33.5 Å². The molecule has 2 aromatic rings. The monoisotopic (exact) mass is 482 g/mol. The third-order valence-corrected chi connectivity index (χ3v) is 7.28. The van der Waals surface area contributed by atoms with Gasteiger partial charge < -0.3 is 4.90 Å². The van der Waals surface area contributed by atoms with Gasteiger partial charge in [-0.1, -0.05) is 0 Å². The van der Waals surface area contributed by atoms with Crippen molar-refractivity contribution in [3.8, 4) is 0 Å². The van der Waals surface area contributed by atoms with Crippen LogP contribution in [0.1, 0.15) is 67.0 Å². The highest BCUT2D eigenvalue weighted by atomic mass is 32.1. The SMILES string of the molecule is CC(=NN1CCCCC1)c1csc(C2CCN(C(=O)Cn3nc(C(F)(F)F)cc3C)CC2)n1. The van der Waals surface area contributed by atoms with Gasteiger partial charge in [-0.3, -0.25) is 14.5 Å². The molecule has 0 radical (unpaired) electrons. The molecule has 2 aromatic heterocycles. The molecule has 0 unspecified atom stereocenters. The van der Waals surface area contributed by atoms with E-state index in [-0.39, 0.29) is 18.4 Å². The number of thiazole rings is 1. The maximum absolute atomic E-state index is 12.9. The number of hydrogen-bond donors (Lipinski definition) is 0. The molecule has 0 saturated carbocycles. The maximum atomic E-state index is 12.9. The van der Waals surface area contributed by atoms with Crippen LogP contribution in [0.2, 0.25) is 0 Å². The number of aryl methyl sites for hydroxylation is 1. The quantitative estimate of drug-likeness (QED) is 0.597. The Labute approximate surface area is 195 Å². The number of alkyl halides is 3. The first-order chi connectivity index (χ1) is 15.7. The highest BCUT2D eigenvalue weighted by Crippen LogP contribution is 2.31. The number of rotatable bonds is 5. The summed E-state index contributed by atoms with van der Waals surface area (Å²) in [4.78, 5) is 19.2. The normalized spacial score (nSPS) is 18.8. The van der Waals surface area contributed by atoms with Crippen molar-refractivity contribution < 1.29 is 18.0 Å². The van der Waals surface area contributed by atoms with Crippen molar-refractivity contribution in [1.29, 1.82) is 0 Å². The molecule has 0 bridgehead atoms. The molecule has 0 N–H and O–H groups in total. The number of amides is 1. The lowest BCUT2D eigenvalue weighted by atomic mass is 9.97. The van der Waals surface area contributed by atoms with Crippen LogP contribution in [0.15, 0.2) is 16.5 Å². The fourth-order valence-electron chi connectivity index (χ4n) is 4.29. The first-order valence-electron chi connectivity index (χ1n) is 11.4. The van der Waals surface area contributed by atoms with E-state index in [0.29, 0.717) is 18.8 Å². The number of hydrogen-bond acceptors (Lipinski definition) is 6. The molecule has 4 rings (SSSR count). The van der Waals surface area contributed by atoms with Crippen LogP contribution >= 0.6 is 11.3 Å². The van der Waals surface area contributed by atoms with Crippen LogP contribution < -0.4 is 0 Å². The number of halogens is 3. The second-order valence-corrected chi connectivity index (χ2v) is 9.64. The molecule has 0 spiro atoms. The van der Waals surface area contributed by atoms with Crippen LogP contribution in [-0.2, 0) is 17.5 Å². The van der Waals surface area contributed by atoms with E-state index in [2.05, 4.69) is 10.1 Å². The molecule has 4 heterocycles. The molecule has 2 aliphatic rings. The second-order valence-electron chi connectivity index (χ2n) is 8.75. The van der Waals surface area contributed by atoms with Gasteiger partial charge in [-0.15, -0.1) is 11.3 Å². The van der Waals surface area contributed by atoms with E-state index in [0.717, 1.165) is 53.1 Å². The van der Waals surface area contributed by atoms with E-state index >= 15 is 0 Å². The lowest BCUT2D eigenvalue weighted by molar-refractivity contribution is -0.142. The molecule has 33 heavy (non-hydrogen) atoms. The number of nitrogens with zero attached hydrogens (tertiary/aromatic N) is 6. The minimum atomic E-state index is -4.51. The molecule has 180 valence electrons. The maximum Gasteiger partial charge on any atom is 0.435 e. The van der Waals surface area contributed by atoms with Crippen LogP contribution in [0.4, 0.5) is 13.2 Å². The molecular weight excluding hydrogens is 453 g/mol. The third kappa shape index (κ3) is 5.74. The predicted octanol–water partition coefficient (Wildman–Crippen LogP) is 4.28. The van der Waals surface area contributed by atoms with Crippen LogP contribution in [-0.4, -0.2) is 62.5 Å². The van der Waals surface area contributed by atoms with Crippen molar-refractivity contribution in [2.75, 3.05) is 26.2 Å². The summed E-state index contributed by atoms with van der Waals surface area (Å²) >= 11 is 1.63. The van der Waals surface area contributed by atoms with Gasteiger partial charge >= 0.3 is 6.18 Å². The Morgan fingerprint density at radius 1 is 1.18 bits per heavy atom. The first-order valence-corrected chi connectivity index (χ1v) is 12.2. The van der Waals surface area contributed by atoms with Crippen LogP contribution in [0.5, 0.6) is 0 Å². The Balaban J connectivity index is 1.31. The summed E-state index contributed by atoms with van der Waals surface area (Å²) < 4.78 is 39.7. The summed E-state index contributed by atoms with van der Waals surface area (Å²) in [5, 5.41) is 13.5. The summed E-state index contributed by atoms with van der Waals surface area (Å²) in [6.45, 7) is 6.46. The minimum Gasteiger partial charge on any atom is -0.341 e. The molecular formula is C22H29F3N6OS. The summed E-state index contributed by atoms with van der Waals surface area (Å²) in [5.74, 6) is 0.0663. The van der Waals surface area contributed by atoms with E-state index in [1.165, 1.54) is 26.2 Å². The number of carbonyl (C=O) groups excluding carboxylic acids is 1. The summed E-state index contributed by atoms with van der Waals surface area (Å²) in [5.41, 5.74) is 1.20. The molecule has 0 aliphatic carbocycles. The molecule has 7 nitrogen and oxygen atoms in total. The molecule has 0 atom stereocenters. The molecule has 1 amide bonds. The second kappa shape index (κ2) is 9.82. The third-order valence-electron chi connectivity index (χ3n) is 6.27.